The topological polar surface area (TPSA) is 78.2 Å². The summed E-state index contributed by atoms with van der Waals surface area (Å²) in [5.74, 6) is 0.437. The molecule has 0 saturated heterocycles. The summed E-state index contributed by atoms with van der Waals surface area (Å²) in [4.78, 5) is 10.2. The molecular formula is C11H9N3O3. The van der Waals surface area contributed by atoms with Gasteiger partial charge in [0.05, 0.1) is 30.5 Å². The van der Waals surface area contributed by atoms with Crippen LogP contribution < -0.4 is 4.74 Å². The van der Waals surface area contributed by atoms with Crippen LogP contribution in [0.25, 0.3) is 11.1 Å². The Bertz CT molecular complexity index is 543. The van der Waals surface area contributed by atoms with E-state index in [0.717, 1.165) is 11.1 Å². The standard InChI is InChI=1S/C11H9N3O3/c1-17-11-6-9(14(15)16)2-3-10(11)8-4-5-12-13-7-8/h2-7H,1H3. The average molecular weight is 231 g/mol. The van der Waals surface area contributed by atoms with Gasteiger partial charge in [0.1, 0.15) is 5.75 Å². The molecule has 1 heterocycles. The minimum atomic E-state index is -0.461. The molecule has 0 aliphatic rings. The Hall–Kier alpha value is -2.50. The van der Waals surface area contributed by atoms with E-state index in [1.807, 2.05) is 0 Å². The predicted molar refractivity (Wildman–Crippen MR) is 60.7 cm³/mol. The summed E-state index contributed by atoms with van der Waals surface area (Å²) in [7, 11) is 1.47. The second kappa shape index (κ2) is 4.56. The first-order valence-electron chi connectivity index (χ1n) is 4.82. The lowest BCUT2D eigenvalue weighted by Crippen LogP contribution is -1.93. The molecule has 0 spiro atoms. The Balaban J connectivity index is 2.52. The fraction of sp³-hybridized carbons (Fsp3) is 0.0909. The van der Waals surface area contributed by atoms with Gasteiger partial charge in [-0.25, -0.2) is 0 Å². The van der Waals surface area contributed by atoms with E-state index in [0.29, 0.717) is 5.75 Å². The Labute approximate surface area is 97.0 Å². The molecule has 2 aromatic rings. The fourth-order valence-corrected chi connectivity index (χ4v) is 1.48. The first-order valence-corrected chi connectivity index (χ1v) is 4.82. The molecule has 0 bridgehead atoms. The summed E-state index contributed by atoms with van der Waals surface area (Å²) < 4.78 is 5.14. The Morgan fingerprint density at radius 2 is 2.12 bits per heavy atom. The fourth-order valence-electron chi connectivity index (χ4n) is 1.48. The van der Waals surface area contributed by atoms with E-state index in [4.69, 9.17) is 4.74 Å². The van der Waals surface area contributed by atoms with Crippen LogP contribution in [0.3, 0.4) is 0 Å². The van der Waals surface area contributed by atoms with Crippen molar-refractivity contribution in [3.8, 4) is 16.9 Å². The molecule has 6 heteroatoms. The van der Waals surface area contributed by atoms with E-state index in [1.54, 1.807) is 24.5 Å². The van der Waals surface area contributed by atoms with Crippen molar-refractivity contribution in [1.82, 2.24) is 10.2 Å². The van der Waals surface area contributed by atoms with Gasteiger partial charge in [-0.05, 0) is 12.1 Å². The molecule has 0 aliphatic heterocycles. The molecule has 6 nitrogen and oxygen atoms in total. The highest BCUT2D eigenvalue weighted by Crippen LogP contribution is 2.32. The van der Waals surface area contributed by atoms with Gasteiger partial charge in [0.25, 0.3) is 5.69 Å². The van der Waals surface area contributed by atoms with E-state index in [9.17, 15) is 10.1 Å². The van der Waals surface area contributed by atoms with Crippen molar-refractivity contribution in [2.24, 2.45) is 0 Å². The third kappa shape index (κ3) is 2.20. The molecular weight excluding hydrogens is 222 g/mol. The van der Waals surface area contributed by atoms with Crippen molar-refractivity contribution < 1.29 is 9.66 Å². The van der Waals surface area contributed by atoms with Crippen LogP contribution >= 0.6 is 0 Å². The van der Waals surface area contributed by atoms with E-state index in [-0.39, 0.29) is 5.69 Å². The van der Waals surface area contributed by atoms with Crippen molar-refractivity contribution in [2.75, 3.05) is 7.11 Å². The van der Waals surface area contributed by atoms with Crippen molar-refractivity contribution in [2.45, 2.75) is 0 Å². The van der Waals surface area contributed by atoms with Crippen LogP contribution in [0, 0.1) is 10.1 Å². The lowest BCUT2D eigenvalue weighted by atomic mass is 10.1. The molecule has 0 amide bonds. The van der Waals surface area contributed by atoms with Crippen LogP contribution in [0.1, 0.15) is 0 Å². The number of ether oxygens (including phenoxy) is 1. The third-order valence-electron chi connectivity index (χ3n) is 2.29. The van der Waals surface area contributed by atoms with Gasteiger partial charge in [-0.3, -0.25) is 10.1 Å². The van der Waals surface area contributed by atoms with Gasteiger partial charge in [-0.1, -0.05) is 0 Å². The number of hydrogen-bond donors (Lipinski definition) is 0. The van der Waals surface area contributed by atoms with Gasteiger partial charge in [0.2, 0.25) is 0 Å². The Morgan fingerprint density at radius 3 is 2.71 bits per heavy atom. The van der Waals surface area contributed by atoms with Gasteiger partial charge < -0.3 is 4.74 Å². The van der Waals surface area contributed by atoms with Crippen molar-refractivity contribution in [1.29, 1.82) is 0 Å². The summed E-state index contributed by atoms with van der Waals surface area (Å²) in [6.07, 6.45) is 3.12. The predicted octanol–water partition coefficient (Wildman–Crippen LogP) is 2.06. The second-order valence-electron chi connectivity index (χ2n) is 3.27. The minimum absolute atomic E-state index is 0.00684. The zero-order valence-corrected chi connectivity index (χ0v) is 9.03. The SMILES string of the molecule is COc1cc([N+](=O)[O-])ccc1-c1ccnnc1. The number of non-ortho nitro benzene ring substituents is 1. The van der Waals surface area contributed by atoms with Crippen molar-refractivity contribution in [3.05, 3.63) is 46.8 Å². The smallest absolute Gasteiger partial charge is 0.273 e. The van der Waals surface area contributed by atoms with Crippen molar-refractivity contribution >= 4 is 5.69 Å². The Kier molecular flexibility index (Phi) is 2.95. The van der Waals surface area contributed by atoms with Crippen LogP contribution in [0.4, 0.5) is 5.69 Å². The molecule has 0 unspecified atom stereocenters. The summed E-state index contributed by atoms with van der Waals surface area (Å²) in [5.41, 5.74) is 1.53. The first kappa shape index (κ1) is 11.0. The lowest BCUT2D eigenvalue weighted by molar-refractivity contribution is -0.384. The molecule has 0 saturated carbocycles. The molecule has 1 aromatic carbocycles. The maximum atomic E-state index is 10.6. The van der Waals surface area contributed by atoms with Crippen molar-refractivity contribution in [3.63, 3.8) is 0 Å². The zero-order valence-electron chi connectivity index (χ0n) is 9.03. The molecule has 0 aliphatic carbocycles. The zero-order chi connectivity index (χ0) is 12.3. The summed E-state index contributed by atoms with van der Waals surface area (Å²) in [6.45, 7) is 0. The number of nitro benzene ring substituents is 1. The van der Waals surface area contributed by atoms with E-state index in [1.165, 1.54) is 19.2 Å². The number of rotatable bonds is 3. The van der Waals surface area contributed by atoms with Crippen LogP contribution in [-0.2, 0) is 0 Å². The maximum absolute atomic E-state index is 10.6. The highest BCUT2D eigenvalue weighted by Gasteiger charge is 2.12. The molecule has 1 aromatic heterocycles. The molecule has 0 radical (unpaired) electrons. The largest absolute Gasteiger partial charge is 0.496 e. The van der Waals surface area contributed by atoms with Gasteiger partial charge in [-0.2, -0.15) is 10.2 Å². The van der Waals surface area contributed by atoms with Crippen LogP contribution in [-0.4, -0.2) is 22.2 Å². The Morgan fingerprint density at radius 1 is 1.29 bits per heavy atom. The highest BCUT2D eigenvalue weighted by molar-refractivity contribution is 5.71. The molecule has 2 rings (SSSR count). The number of benzene rings is 1. The lowest BCUT2D eigenvalue weighted by Gasteiger charge is -2.07. The molecule has 0 fully saturated rings. The summed E-state index contributed by atoms with van der Waals surface area (Å²) in [6, 6.07) is 6.21. The van der Waals surface area contributed by atoms with Crippen LogP contribution in [0.5, 0.6) is 5.75 Å². The first-order chi connectivity index (χ1) is 8.22. The van der Waals surface area contributed by atoms with Crippen LogP contribution in [0.15, 0.2) is 36.7 Å². The molecule has 0 N–H and O–H groups in total. The number of nitrogens with zero attached hydrogens (tertiary/aromatic N) is 3. The average Bonchev–Trinajstić information content (AvgIpc) is 2.39. The van der Waals surface area contributed by atoms with Gasteiger partial charge in [-0.15, -0.1) is 0 Å². The van der Waals surface area contributed by atoms with E-state index >= 15 is 0 Å². The van der Waals surface area contributed by atoms with E-state index in [2.05, 4.69) is 10.2 Å². The highest BCUT2D eigenvalue weighted by atomic mass is 16.6. The molecule has 0 atom stereocenters. The van der Waals surface area contributed by atoms with Gasteiger partial charge >= 0.3 is 0 Å². The monoisotopic (exact) mass is 231 g/mol. The minimum Gasteiger partial charge on any atom is -0.496 e. The number of aromatic nitrogens is 2. The third-order valence-corrected chi connectivity index (χ3v) is 2.29. The number of hydrogen-bond acceptors (Lipinski definition) is 5. The second-order valence-corrected chi connectivity index (χ2v) is 3.27. The van der Waals surface area contributed by atoms with E-state index < -0.39 is 4.92 Å². The summed E-state index contributed by atoms with van der Waals surface area (Å²) in [5, 5.41) is 18.1. The maximum Gasteiger partial charge on any atom is 0.273 e. The van der Waals surface area contributed by atoms with Crippen LogP contribution in [0.2, 0.25) is 0 Å². The normalized spacial score (nSPS) is 9.94. The summed E-state index contributed by atoms with van der Waals surface area (Å²) >= 11 is 0. The van der Waals surface area contributed by atoms with Gasteiger partial charge in [0.15, 0.2) is 0 Å². The quantitative estimate of drug-likeness (QED) is 0.596. The number of nitro groups is 1. The molecule has 86 valence electrons. The molecule has 17 heavy (non-hydrogen) atoms. The van der Waals surface area contributed by atoms with Gasteiger partial charge in [0, 0.05) is 17.2 Å². The number of methoxy groups -OCH3 is 1.